The first-order chi connectivity index (χ1) is 13.5. The molecule has 150 valence electrons. The number of anilines is 1. The number of piperazine rings is 1. The monoisotopic (exact) mass is 385 g/mol. The molecule has 1 heterocycles. The number of carbonyl (C=O) groups is 3. The molecule has 2 fully saturated rings. The average Bonchev–Trinajstić information content (AvgIpc) is 3.51. The fourth-order valence-corrected chi connectivity index (χ4v) is 3.01. The van der Waals surface area contributed by atoms with Gasteiger partial charge in [0, 0.05) is 50.0 Å². The highest BCUT2D eigenvalue weighted by Gasteiger charge is 2.24. The van der Waals surface area contributed by atoms with Crippen LogP contribution in [0.4, 0.5) is 10.5 Å². The number of benzene rings is 1. The Hall–Kier alpha value is -2.87. The van der Waals surface area contributed by atoms with Crippen LogP contribution < -0.4 is 16.0 Å². The van der Waals surface area contributed by atoms with Crippen LogP contribution in [0.15, 0.2) is 36.9 Å². The SMILES string of the molecule is C=CCNC(=O)CN1CCN(C(=O)c2ccc(NC(=O)NC3CC3)cc2)CC1. The molecule has 0 spiro atoms. The summed E-state index contributed by atoms with van der Waals surface area (Å²) in [4.78, 5) is 40.0. The molecule has 0 radical (unpaired) electrons. The fourth-order valence-electron chi connectivity index (χ4n) is 3.01. The molecule has 0 atom stereocenters. The Morgan fingerprint density at radius 2 is 1.75 bits per heavy atom. The Morgan fingerprint density at radius 3 is 2.36 bits per heavy atom. The van der Waals surface area contributed by atoms with Gasteiger partial charge in [-0.25, -0.2) is 4.79 Å². The van der Waals surface area contributed by atoms with Crippen LogP contribution in [0.25, 0.3) is 0 Å². The Morgan fingerprint density at radius 1 is 1.07 bits per heavy atom. The van der Waals surface area contributed by atoms with Gasteiger partial charge in [0.1, 0.15) is 0 Å². The zero-order valence-corrected chi connectivity index (χ0v) is 15.9. The second-order valence-electron chi connectivity index (χ2n) is 7.11. The number of amides is 4. The number of rotatable bonds is 7. The first-order valence-electron chi connectivity index (χ1n) is 9.62. The van der Waals surface area contributed by atoms with E-state index in [0.29, 0.717) is 56.6 Å². The van der Waals surface area contributed by atoms with Gasteiger partial charge in [0.05, 0.1) is 6.54 Å². The van der Waals surface area contributed by atoms with Crippen LogP contribution in [0.3, 0.4) is 0 Å². The lowest BCUT2D eigenvalue weighted by molar-refractivity contribution is -0.122. The first kappa shape index (κ1) is 19.9. The predicted molar refractivity (Wildman–Crippen MR) is 107 cm³/mol. The van der Waals surface area contributed by atoms with Gasteiger partial charge in [-0.3, -0.25) is 14.5 Å². The summed E-state index contributed by atoms with van der Waals surface area (Å²) in [5.74, 6) is -0.0711. The van der Waals surface area contributed by atoms with Crippen molar-refractivity contribution in [3.8, 4) is 0 Å². The Labute approximate surface area is 164 Å². The van der Waals surface area contributed by atoms with Gasteiger partial charge < -0.3 is 20.9 Å². The standard InChI is InChI=1S/C20H27N5O3/c1-2-9-21-18(26)14-24-10-12-25(13-11-24)19(27)15-3-5-16(6-4-15)22-20(28)23-17-7-8-17/h2-6,17H,1,7-14H2,(H,21,26)(H2,22,23,28). The van der Waals surface area contributed by atoms with E-state index in [1.165, 1.54) is 0 Å². The normalized spacial score (nSPS) is 16.9. The minimum Gasteiger partial charge on any atom is -0.352 e. The fraction of sp³-hybridized carbons (Fsp3) is 0.450. The lowest BCUT2D eigenvalue weighted by atomic mass is 10.1. The topological polar surface area (TPSA) is 93.8 Å². The average molecular weight is 385 g/mol. The summed E-state index contributed by atoms with van der Waals surface area (Å²) in [6, 6.07) is 7.01. The summed E-state index contributed by atoms with van der Waals surface area (Å²) >= 11 is 0. The molecule has 0 unspecified atom stereocenters. The van der Waals surface area contributed by atoms with Crippen molar-refractivity contribution in [2.45, 2.75) is 18.9 Å². The van der Waals surface area contributed by atoms with Gasteiger partial charge in [0.2, 0.25) is 5.91 Å². The van der Waals surface area contributed by atoms with Gasteiger partial charge in [-0.15, -0.1) is 6.58 Å². The number of hydrogen-bond acceptors (Lipinski definition) is 4. The highest BCUT2D eigenvalue weighted by atomic mass is 16.2. The van der Waals surface area contributed by atoms with E-state index in [0.717, 1.165) is 12.8 Å². The highest BCUT2D eigenvalue weighted by Crippen LogP contribution is 2.19. The van der Waals surface area contributed by atoms with Crippen LogP contribution in [-0.4, -0.2) is 73.0 Å². The van der Waals surface area contributed by atoms with E-state index < -0.39 is 0 Å². The molecule has 0 aromatic heterocycles. The molecule has 1 aromatic carbocycles. The van der Waals surface area contributed by atoms with Gasteiger partial charge in [0.15, 0.2) is 0 Å². The van der Waals surface area contributed by atoms with Crippen molar-refractivity contribution in [3.05, 3.63) is 42.5 Å². The van der Waals surface area contributed by atoms with Crippen molar-refractivity contribution in [2.75, 3.05) is 44.6 Å². The van der Waals surface area contributed by atoms with E-state index in [-0.39, 0.29) is 17.8 Å². The minimum atomic E-state index is -0.213. The summed E-state index contributed by atoms with van der Waals surface area (Å²) in [6.07, 6.45) is 3.72. The molecule has 2 aliphatic rings. The van der Waals surface area contributed by atoms with E-state index in [1.54, 1.807) is 35.2 Å². The maximum atomic E-state index is 12.7. The third-order valence-corrected chi connectivity index (χ3v) is 4.77. The maximum absolute atomic E-state index is 12.7. The van der Waals surface area contributed by atoms with Gasteiger partial charge in [0.25, 0.3) is 5.91 Å². The van der Waals surface area contributed by atoms with Gasteiger partial charge >= 0.3 is 6.03 Å². The molecule has 1 saturated carbocycles. The van der Waals surface area contributed by atoms with Crippen molar-refractivity contribution < 1.29 is 14.4 Å². The lowest BCUT2D eigenvalue weighted by Crippen LogP contribution is -2.51. The van der Waals surface area contributed by atoms with Gasteiger partial charge in [-0.1, -0.05) is 6.08 Å². The van der Waals surface area contributed by atoms with Gasteiger partial charge in [-0.2, -0.15) is 0 Å². The molecule has 3 N–H and O–H groups in total. The molecular formula is C20H27N5O3. The molecule has 28 heavy (non-hydrogen) atoms. The molecule has 0 bridgehead atoms. The van der Waals surface area contributed by atoms with Crippen LogP contribution in [-0.2, 0) is 4.79 Å². The molecule has 1 saturated heterocycles. The van der Waals surface area contributed by atoms with Crippen molar-refractivity contribution in [1.82, 2.24) is 20.4 Å². The van der Waals surface area contributed by atoms with E-state index in [2.05, 4.69) is 22.5 Å². The van der Waals surface area contributed by atoms with E-state index >= 15 is 0 Å². The number of hydrogen-bond donors (Lipinski definition) is 3. The smallest absolute Gasteiger partial charge is 0.319 e. The quantitative estimate of drug-likeness (QED) is 0.611. The Kier molecular flexibility index (Phi) is 6.65. The summed E-state index contributed by atoms with van der Waals surface area (Å²) in [6.45, 7) is 6.85. The van der Waals surface area contributed by atoms with Gasteiger partial charge in [-0.05, 0) is 37.1 Å². The molecule has 1 aromatic rings. The van der Waals surface area contributed by atoms with Crippen LogP contribution in [0, 0.1) is 0 Å². The van der Waals surface area contributed by atoms with Crippen molar-refractivity contribution in [1.29, 1.82) is 0 Å². The van der Waals surface area contributed by atoms with Crippen LogP contribution in [0.2, 0.25) is 0 Å². The molecule has 3 rings (SSSR count). The third-order valence-electron chi connectivity index (χ3n) is 4.77. The molecular weight excluding hydrogens is 358 g/mol. The van der Waals surface area contributed by atoms with Crippen LogP contribution in [0.1, 0.15) is 23.2 Å². The predicted octanol–water partition coefficient (Wildman–Crippen LogP) is 1.03. The zero-order chi connectivity index (χ0) is 19.9. The molecule has 1 aliphatic carbocycles. The number of carbonyl (C=O) groups excluding carboxylic acids is 3. The van der Waals surface area contributed by atoms with Crippen LogP contribution >= 0.6 is 0 Å². The summed E-state index contributed by atoms with van der Waals surface area (Å²) in [7, 11) is 0. The summed E-state index contributed by atoms with van der Waals surface area (Å²) in [5.41, 5.74) is 1.25. The van der Waals surface area contributed by atoms with Crippen molar-refractivity contribution in [2.24, 2.45) is 0 Å². The van der Waals surface area contributed by atoms with Crippen molar-refractivity contribution >= 4 is 23.5 Å². The second kappa shape index (κ2) is 9.36. The first-order valence-corrected chi connectivity index (χ1v) is 9.62. The lowest BCUT2D eigenvalue weighted by Gasteiger charge is -2.34. The van der Waals surface area contributed by atoms with Crippen LogP contribution in [0.5, 0.6) is 0 Å². The molecule has 8 heteroatoms. The van der Waals surface area contributed by atoms with Crippen molar-refractivity contribution in [3.63, 3.8) is 0 Å². The maximum Gasteiger partial charge on any atom is 0.319 e. The number of nitrogens with one attached hydrogen (secondary N) is 3. The minimum absolute atomic E-state index is 0.0338. The largest absolute Gasteiger partial charge is 0.352 e. The zero-order valence-electron chi connectivity index (χ0n) is 15.9. The molecule has 4 amide bonds. The molecule has 8 nitrogen and oxygen atoms in total. The Balaban J connectivity index is 1.44. The van der Waals surface area contributed by atoms with E-state index in [1.807, 2.05) is 4.90 Å². The van der Waals surface area contributed by atoms with E-state index in [9.17, 15) is 14.4 Å². The summed E-state index contributed by atoms with van der Waals surface area (Å²) < 4.78 is 0. The number of urea groups is 1. The number of nitrogens with zero attached hydrogens (tertiary/aromatic N) is 2. The summed E-state index contributed by atoms with van der Waals surface area (Å²) in [5, 5.41) is 8.39. The second-order valence-corrected chi connectivity index (χ2v) is 7.11. The molecule has 1 aliphatic heterocycles. The highest BCUT2D eigenvalue weighted by molar-refractivity contribution is 5.95. The third kappa shape index (κ3) is 5.82. The van der Waals surface area contributed by atoms with E-state index in [4.69, 9.17) is 0 Å². The Bertz CT molecular complexity index is 722.